The highest BCUT2D eigenvalue weighted by atomic mass is 16.7. The molecule has 4 heteroatoms. The fourth-order valence-corrected chi connectivity index (χ4v) is 0.906. The van der Waals surface area contributed by atoms with E-state index in [1.807, 2.05) is 30.3 Å². The van der Waals surface area contributed by atoms with Crippen molar-refractivity contribution in [3.8, 4) is 0 Å². The van der Waals surface area contributed by atoms with Crippen LogP contribution < -0.4 is 10.8 Å². The highest BCUT2D eigenvalue weighted by Crippen LogP contribution is 2.11. The molecule has 0 heterocycles. The van der Waals surface area contributed by atoms with Crippen molar-refractivity contribution in [2.75, 3.05) is 12.2 Å². The summed E-state index contributed by atoms with van der Waals surface area (Å²) in [7, 11) is 1.47. The van der Waals surface area contributed by atoms with Crippen LogP contribution in [-0.4, -0.2) is 13.1 Å². The second kappa shape index (κ2) is 3.73. The molecule has 0 aliphatic carbocycles. The molecule has 0 aromatic heterocycles. The first kappa shape index (κ1) is 8.55. The summed E-state index contributed by atoms with van der Waals surface area (Å²) in [6.07, 6.45) is 0. The number of rotatable bonds is 2. The highest BCUT2D eigenvalue weighted by molar-refractivity contribution is 5.90. The molecule has 64 valence electrons. The molecule has 0 radical (unpaired) electrons. The number of para-hydroxylation sites is 1. The van der Waals surface area contributed by atoms with Crippen molar-refractivity contribution < 1.29 is 4.84 Å². The van der Waals surface area contributed by atoms with Crippen molar-refractivity contribution in [2.24, 2.45) is 5.73 Å². The van der Waals surface area contributed by atoms with Gasteiger partial charge in [-0.05, 0) is 12.1 Å². The van der Waals surface area contributed by atoms with Crippen LogP contribution in [0.2, 0.25) is 0 Å². The molecule has 0 atom stereocenters. The summed E-state index contributed by atoms with van der Waals surface area (Å²) in [5, 5.41) is 8.40. The average Bonchev–Trinajstić information content (AvgIpc) is 2.07. The Morgan fingerprint density at radius 1 is 1.42 bits per heavy atom. The summed E-state index contributed by atoms with van der Waals surface area (Å²) in [4.78, 5) is 4.88. The predicted octanol–water partition coefficient (Wildman–Crippen LogP) is 0.948. The molecule has 0 spiro atoms. The highest BCUT2D eigenvalue weighted by Gasteiger charge is 2.06. The van der Waals surface area contributed by atoms with Gasteiger partial charge in [0.1, 0.15) is 0 Å². The van der Waals surface area contributed by atoms with Gasteiger partial charge in [0.25, 0.3) is 0 Å². The molecule has 3 N–H and O–H groups in total. The normalized spacial score (nSPS) is 9.42. The lowest BCUT2D eigenvalue weighted by Crippen LogP contribution is -2.35. The van der Waals surface area contributed by atoms with Gasteiger partial charge in [0.15, 0.2) is 0 Å². The van der Waals surface area contributed by atoms with Gasteiger partial charge in [0, 0.05) is 0 Å². The van der Waals surface area contributed by atoms with Crippen molar-refractivity contribution in [1.29, 1.82) is 5.41 Å². The minimum atomic E-state index is -0.135. The zero-order chi connectivity index (χ0) is 8.97. The second-order valence-corrected chi connectivity index (χ2v) is 2.20. The van der Waals surface area contributed by atoms with Gasteiger partial charge in [-0.25, -0.2) is 0 Å². The van der Waals surface area contributed by atoms with Gasteiger partial charge in [-0.1, -0.05) is 18.2 Å². The van der Waals surface area contributed by atoms with E-state index in [1.165, 1.54) is 12.2 Å². The first-order chi connectivity index (χ1) is 5.75. The molecule has 0 bridgehead atoms. The zero-order valence-corrected chi connectivity index (χ0v) is 6.82. The number of benzene rings is 1. The average molecular weight is 165 g/mol. The molecule has 1 rings (SSSR count). The molecule has 0 fully saturated rings. The van der Waals surface area contributed by atoms with Gasteiger partial charge in [0.05, 0.1) is 12.8 Å². The van der Waals surface area contributed by atoms with Crippen LogP contribution in [0.4, 0.5) is 5.69 Å². The molecule has 12 heavy (non-hydrogen) atoms. The lowest BCUT2D eigenvalue weighted by Gasteiger charge is -2.18. The van der Waals surface area contributed by atoms with E-state index in [-0.39, 0.29) is 5.96 Å². The number of guanidine groups is 1. The van der Waals surface area contributed by atoms with Crippen LogP contribution in [-0.2, 0) is 4.84 Å². The van der Waals surface area contributed by atoms with Crippen molar-refractivity contribution >= 4 is 11.6 Å². The molecular formula is C8H11N3O. The molecule has 1 aromatic rings. The molecule has 0 unspecified atom stereocenters. The summed E-state index contributed by atoms with van der Waals surface area (Å²) in [6.45, 7) is 0. The van der Waals surface area contributed by atoms with Crippen LogP contribution in [0, 0.1) is 5.41 Å². The molecule has 0 saturated carbocycles. The fraction of sp³-hybridized carbons (Fsp3) is 0.125. The predicted molar refractivity (Wildman–Crippen MR) is 47.8 cm³/mol. The number of nitrogens with one attached hydrogen (secondary N) is 1. The lowest BCUT2D eigenvalue weighted by molar-refractivity contribution is 0.209. The Balaban J connectivity index is 2.88. The minimum Gasteiger partial charge on any atom is -0.368 e. The van der Waals surface area contributed by atoms with Crippen molar-refractivity contribution in [2.45, 2.75) is 0 Å². The maximum Gasteiger partial charge on any atom is 0.217 e. The third-order valence-electron chi connectivity index (χ3n) is 1.39. The second-order valence-electron chi connectivity index (χ2n) is 2.20. The van der Waals surface area contributed by atoms with Crippen LogP contribution in [0.3, 0.4) is 0 Å². The van der Waals surface area contributed by atoms with E-state index >= 15 is 0 Å². The van der Waals surface area contributed by atoms with E-state index < -0.39 is 0 Å². The molecule has 0 amide bonds. The molecule has 0 aliphatic heterocycles. The number of hydrogen-bond donors (Lipinski definition) is 2. The molecule has 1 aromatic carbocycles. The molecule has 0 aliphatic rings. The van der Waals surface area contributed by atoms with Gasteiger partial charge in [0.2, 0.25) is 5.96 Å². The van der Waals surface area contributed by atoms with E-state index in [2.05, 4.69) is 0 Å². The molecular weight excluding hydrogens is 154 g/mol. The van der Waals surface area contributed by atoms with Crippen molar-refractivity contribution in [1.82, 2.24) is 0 Å². The Hall–Kier alpha value is -1.55. The first-order valence-corrected chi connectivity index (χ1v) is 3.49. The third-order valence-corrected chi connectivity index (χ3v) is 1.39. The van der Waals surface area contributed by atoms with E-state index in [9.17, 15) is 0 Å². The van der Waals surface area contributed by atoms with Crippen molar-refractivity contribution in [3.63, 3.8) is 0 Å². The summed E-state index contributed by atoms with van der Waals surface area (Å²) >= 11 is 0. The van der Waals surface area contributed by atoms with Gasteiger partial charge in [-0.15, -0.1) is 0 Å². The van der Waals surface area contributed by atoms with Crippen molar-refractivity contribution in [3.05, 3.63) is 30.3 Å². The van der Waals surface area contributed by atoms with Gasteiger partial charge in [-0.3, -0.25) is 10.2 Å². The Labute approximate surface area is 71.0 Å². The van der Waals surface area contributed by atoms with E-state index in [0.29, 0.717) is 0 Å². The summed E-state index contributed by atoms with van der Waals surface area (Å²) in [5.41, 5.74) is 6.01. The smallest absolute Gasteiger partial charge is 0.217 e. The molecule has 0 saturated heterocycles. The number of hydroxylamine groups is 1. The summed E-state index contributed by atoms with van der Waals surface area (Å²) in [6, 6.07) is 9.21. The number of anilines is 1. The maximum absolute atomic E-state index is 7.17. The van der Waals surface area contributed by atoms with Gasteiger partial charge < -0.3 is 5.73 Å². The van der Waals surface area contributed by atoms with E-state index in [1.54, 1.807) is 0 Å². The van der Waals surface area contributed by atoms with Crippen LogP contribution in [0.1, 0.15) is 0 Å². The summed E-state index contributed by atoms with van der Waals surface area (Å²) < 4.78 is 0. The summed E-state index contributed by atoms with van der Waals surface area (Å²) in [5.74, 6) is -0.135. The zero-order valence-electron chi connectivity index (χ0n) is 6.82. The van der Waals surface area contributed by atoms with Crippen LogP contribution in [0.5, 0.6) is 0 Å². The SMILES string of the molecule is CON(C(=N)N)c1ccccc1. The standard InChI is InChI=1S/C8H11N3O/c1-12-11(8(9)10)7-5-3-2-4-6-7/h2-6H,1H3,(H3,9,10). The maximum atomic E-state index is 7.17. The Morgan fingerprint density at radius 2 is 2.00 bits per heavy atom. The van der Waals surface area contributed by atoms with Crippen LogP contribution in [0.15, 0.2) is 30.3 Å². The lowest BCUT2D eigenvalue weighted by atomic mass is 10.3. The Kier molecular flexibility index (Phi) is 2.66. The van der Waals surface area contributed by atoms with E-state index in [4.69, 9.17) is 16.0 Å². The molecule has 4 nitrogen and oxygen atoms in total. The number of hydrogen-bond acceptors (Lipinski definition) is 2. The topological polar surface area (TPSA) is 62.3 Å². The minimum absolute atomic E-state index is 0.135. The van der Waals surface area contributed by atoms with E-state index in [0.717, 1.165) is 5.69 Å². The van der Waals surface area contributed by atoms with Crippen LogP contribution >= 0.6 is 0 Å². The Morgan fingerprint density at radius 3 is 2.42 bits per heavy atom. The number of nitrogens with two attached hydrogens (primary N) is 1. The monoisotopic (exact) mass is 165 g/mol. The van der Waals surface area contributed by atoms with Gasteiger partial charge >= 0.3 is 0 Å². The first-order valence-electron chi connectivity index (χ1n) is 3.49. The van der Waals surface area contributed by atoms with Crippen LogP contribution in [0.25, 0.3) is 0 Å². The third kappa shape index (κ3) is 1.73. The fourth-order valence-electron chi connectivity index (χ4n) is 0.906. The van der Waals surface area contributed by atoms with Gasteiger partial charge in [-0.2, -0.15) is 5.06 Å². The number of nitrogens with zero attached hydrogens (tertiary/aromatic N) is 1. The Bertz CT molecular complexity index is 260. The largest absolute Gasteiger partial charge is 0.368 e. The quantitative estimate of drug-likeness (QED) is 0.389.